The quantitative estimate of drug-likeness (QED) is 0.842. The van der Waals surface area contributed by atoms with E-state index in [4.69, 9.17) is 5.11 Å². The van der Waals surface area contributed by atoms with Crippen molar-refractivity contribution in [3.05, 3.63) is 29.8 Å². The van der Waals surface area contributed by atoms with Gasteiger partial charge in [0, 0.05) is 19.2 Å². The highest BCUT2D eigenvalue weighted by Gasteiger charge is 2.36. The van der Waals surface area contributed by atoms with Crippen LogP contribution >= 0.6 is 0 Å². The summed E-state index contributed by atoms with van der Waals surface area (Å²) in [6, 6.07) is 7.12. The largest absolute Gasteiger partial charge is 0.396 e. The summed E-state index contributed by atoms with van der Waals surface area (Å²) in [6.07, 6.45) is 3.61. The molecule has 0 amide bonds. The summed E-state index contributed by atoms with van der Waals surface area (Å²) in [5.41, 5.74) is 1.06. The van der Waals surface area contributed by atoms with E-state index in [1.165, 1.54) is 0 Å². The summed E-state index contributed by atoms with van der Waals surface area (Å²) in [7, 11) is -3.31. The highest BCUT2D eigenvalue weighted by atomic mass is 32.2. The maximum absolute atomic E-state index is 12.9. The highest BCUT2D eigenvalue weighted by Crippen LogP contribution is 2.29. The Balaban J connectivity index is 2.16. The Morgan fingerprint density at radius 1 is 1.23 bits per heavy atom. The number of nitrogens with one attached hydrogen (secondary N) is 1. The molecule has 2 N–H and O–H groups in total. The zero-order chi connectivity index (χ0) is 16.2. The van der Waals surface area contributed by atoms with Crippen LogP contribution in [-0.4, -0.2) is 38.0 Å². The smallest absolute Gasteiger partial charge is 0.182 e. The van der Waals surface area contributed by atoms with E-state index >= 15 is 0 Å². The summed E-state index contributed by atoms with van der Waals surface area (Å²) >= 11 is 0. The van der Waals surface area contributed by atoms with Gasteiger partial charge in [-0.2, -0.15) is 0 Å². The standard InChI is InChI=1S/C17H27NO3S/c1-13-7-9-15(10-8-13)22(20,21)17-6-4-3-5-16(17)18-11-14(2)12-19/h7-10,14,16-19H,3-6,11-12H2,1-2H3/t14-,16-,17+/m0/s1. The maximum Gasteiger partial charge on any atom is 0.182 e. The number of aliphatic hydroxyl groups is 1. The Labute approximate surface area is 133 Å². The van der Waals surface area contributed by atoms with Gasteiger partial charge in [-0.05, 0) is 37.8 Å². The lowest BCUT2D eigenvalue weighted by atomic mass is 9.94. The van der Waals surface area contributed by atoms with E-state index in [2.05, 4.69) is 5.32 Å². The normalized spacial score (nSPS) is 24.1. The molecular formula is C17H27NO3S. The molecule has 0 spiro atoms. The topological polar surface area (TPSA) is 66.4 Å². The third-order valence-electron chi connectivity index (χ3n) is 4.49. The van der Waals surface area contributed by atoms with Crippen LogP contribution in [0.4, 0.5) is 0 Å². The van der Waals surface area contributed by atoms with Crippen molar-refractivity contribution in [1.29, 1.82) is 0 Å². The highest BCUT2D eigenvalue weighted by molar-refractivity contribution is 7.92. The van der Waals surface area contributed by atoms with E-state index in [1.54, 1.807) is 12.1 Å². The average Bonchev–Trinajstić information content (AvgIpc) is 2.53. The second-order valence-electron chi connectivity index (χ2n) is 6.48. The van der Waals surface area contributed by atoms with Crippen LogP contribution in [0.5, 0.6) is 0 Å². The minimum atomic E-state index is -3.31. The van der Waals surface area contributed by atoms with Gasteiger partial charge in [0.2, 0.25) is 0 Å². The van der Waals surface area contributed by atoms with E-state index in [-0.39, 0.29) is 23.8 Å². The van der Waals surface area contributed by atoms with Gasteiger partial charge >= 0.3 is 0 Å². The second-order valence-corrected chi connectivity index (χ2v) is 8.65. The monoisotopic (exact) mass is 325 g/mol. The summed E-state index contributed by atoms with van der Waals surface area (Å²) in [5, 5.41) is 12.1. The third kappa shape index (κ3) is 4.09. The number of aryl methyl sites for hydroxylation is 1. The van der Waals surface area contributed by atoms with E-state index < -0.39 is 9.84 Å². The van der Waals surface area contributed by atoms with Gasteiger partial charge in [-0.25, -0.2) is 8.42 Å². The molecule has 3 atom stereocenters. The van der Waals surface area contributed by atoms with Crippen LogP contribution in [0, 0.1) is 12.8 Å². The van der Waals surface area contributed by atoms with E-state index in [1.807, 2.05) is 26.0 Å². The lowest BCUT2D eigenvalue weighted by molar-refractivity contribution is 0.225. The van der Waals surface area contributed by atoms with Crippen LogP contribution in [0.15, 0.2) is 29.2 Å². The first-order chi connectivity index (χ1) is 10.4. The molecule has 0 heterocycles. The molecule has 0 aliphatic heterocycles. The van der Waals surface area contributed by atoms with Crippen molar-refractivity contribution in [1.82, 2.24) is 5.32 Å². The van der Waals surface area contributed by atoms with Gasteiger partial charge in [-0.1, -0.05) is 37.5 Å². The van der Waals surface area contributed by atoms with Gasteiger partial charge in [0.1, 0.15) is 0 Å². The zero-order valence-electron chi connectivity index (χ0n) is 13.5. The molecule has 4 nitrogen and oxygen atoms in total. The molecule has 1 aliphatic rings. The van der Waals surface area contributed by atoms with Crippen LogP contribution in [0.25, 0.3) is 0 Å². The molecule has 0 bridgehead atoms. The fourth-order valence-electron chi connectivity index (χ4n) is 3.02. The number of benzene rings is 1. The first-order valence-corrected chi connectivity index (χ1v) is 9.64. The van der Waals surface area contributed by atoms with Gasteiger partial charge in [-0.15, -0.1) is 0 Å². The Kier molecular flexibility index (Phi) is 6.01. The Hall–Kier alpha value is -0.910. The van der Waals surface area contributed by atoms with Crippen molar-refractivity contribution in [2.45, 2.75) is 55.7 Å². The fourth-order valence-corrected chi connectivity index (χ4v) is 5.03. The number of hydrogen-bond donors (Lipinski definition) is 2. The van der Waals surface area contributed by atoms with Crippen molar-refractivity contribution in [2.24, 2.45) is 5.92 Å². The second kappa shape index (κ2) is 7.57. The molecular weight excluding hydrogens is 298 g/mol. The van der Waals surface area contributed by atoms with Crippen LogP contribution < -0.4 is 5.32 Å². The van der Waals surface area contributed by atoms with Crippen molar-refractivity contribution < 1.29 is 13.5 Å². The molecule has 1 aromatic rings. The number of hydrogen-bond acceptors (Lipinski definition) is 4. The SMILES string of the molecule is Cc1ccc(S(=O)(=O)[C@@H]2CCCC[C@@H]2NC[C@H](C)CO)cc1. The maximum atomic E-state index is 12.9. The van der Waals surface area contributed by atoms with E-state index in [9.17, 15) is 8.42 Å². The molecule has 0 unspecified atom stereocenters. The average molecular weight is 325 g/mol. The summed E-state index contributed by atoms with van der Waals surface area (Å²) in [4.78, 5) is 0.423. The Bertz CT molecular complexity index is 568. The van der Waals surface area contributed by atoms with Gasteiger partial charge in [-0.3, -0.25) is 0 Å². The fraction of sp³-hybridized carbons (Fsp3) is 0.647. The van der Waals surface area contributed by atoms with Crippen LogP contribution in [0.1, 0.15) is 38.2 Å². The van der Waals surface area contributed by atoms with Crippen molar-refractivity contribution in [2.75, 3.05) is 13.2 Å². The molecule has 0 aromatic heterocycles. The van der Waals surface area contributed by atoms with Crippen molar-refractivity contribution in [3.63, 3.8) is 0 Å². The molecule has 5 heteroatoms. The molecule has 1 saturated carbocycles. The minimum absolute atomic E-state index is 0.0194. The molecule has 1 fully saturated rings. The van der Waals surface area contributed by atoms with Gasteiger partial charge < -0.3 is 10.4 Å². The molecule has 0 radical (unpaired) electrons. The molecule has 22 heavy (non-hydrogen) atoms. The first kappa shape index (κ1) is 17.4. The summed E-state index contributed by atoms with van der Waals surface area (Å²) < 4.78 is 25.9. The van der Waals surface area contributed by atoms with E-state index in [0.717, 1.165) is 24.8 Å². The van der Waals surface area contributed by atoms with Gasteiger partial charge in [0.25, 0.3) is 0 Å². The van der Waals surface area contributed by atoms with Gasteiger partial charge in [0.05, 0.1) is 10.1 Å². The molecule has 1 aliphatic carbocycles. The molecule has 2 rings (SSSR count). The number of aliphatic hydroxyl groups excluding tert-OH is 1. The third-order valence-corrected chi connectivity index (χ3v) is 6.78. The van der Waals surface area contributed by atoms with Crippen molar-refractivity contribution >= 4 is 9.84 Å². The number of rotatable bonds is 6. The lowest BCUT2D eigenvalue weighted by Crippen LogP contribution is -2.47. The molecule has 0 saturated heterocycles. The number of sulfone groups is 1. The zero-order valence-corrected chi connectivity index (χ0v) is 14.3. The van der Waals surface area contributed by atoms with Crippen LogP contribution in [0.3, 0.4) is 0 Å². The van der Waals surface area contributed by atoms with Crippen LogP contribution in [-0.2, 0) is 9.84 Å². The Morgan fingerprint density at radius 3 is 2.50 bits per heavy atom. The predicted molar refractivity (Wildman–Crippen MR) is 88.7 cm³/mol. The van der Waals surface area contributed by atoms with E-state index in [0.29, 0.717) is 17.9 Å². The molecule has 124 valence electrons. The predicted octanol–water partition coefficient (Wildman–Crippen LogP) is 2.30. The van der Waals surface area contributed by atoms with Crippen LogP contribution in [0.2, 0.25) is 0 Å². The Morgan fingerprint density at radius 2 is 1.86 bits per heavy atom. The summed E-state index contributed by atoms with van der Waals surface area (Å²) in [5.74, 6) is 0.143. The lowest BCUT2D eigenvalue weighted by Gasteiger charge is -2.32. The summed E-state index contributed by atoms with van der Waals surface area (Å²) in [6.45, 7) is 4.69. The van der Waals surface area contributed by atoms with Crippen molar-refractivity contribution in [3.8, 4) is 0 Å². The van der Waals surface area contributed by atoms with Gasteiger partial charge in [0.15, 0.2) is 9.84 Å². The minimum Gasteiger partial charge on any atom is -0.396 e. The molecule has 1 aromatic carbocycles. The first-order valence-electron chi connectivity index (χ1n) is 8.10.